The largest absolute Gasteiger partial charge is 0.354 e. The Labute approximate surface area is 234 Å². The molecule has 10 nitrogen and oxygen atoms in total. The van der Waals surface area contributed by atoms with Crippen molar-refractivity contribution in [2.24, 2.45) is 5.92 Å². The molecule has 0 saturated carbocycles. The molecule has 0 radical (unpaired) electrons. The predicted octanol–water partition coefficient (Wildman–Crippen LogP) is 4.29. The van der Waals surface area contributed by atoms with Gasteiger partial charge in [-0.2, -0.15) is 0 Å². The van der Waals surface area contributed by atoms with E-state index in [9.17, 15) is 28.1 Å². The summed E-state index contributed by atoms with van der Waals surface area (Å²) in [6.07, 6.45) is 0. The van der Waals surface area contributed by atoms with Crippen LogP contribution in [-0.2, 0) is 26.2 Å². The molecule has 3 rings (SSSR count). The molecule has 0 bridgehead atoms. The van der Waals surface area contributed by atoms with Crippen LogP contribution in [0.4, 0.5) is 11.4 Å². The van der Waals surface area contributed by atoms with Crippen molar-refractivity contribution >= 4 is 33.2 Å². The fourth-order valence-electron chi connectivity index (χ4n) is 3.94. The lowest BCUT2D eigenvalue weighted by molar-refractivity contribution is -0.384. The molecule has 1 atom stereocenters. The molecule has 0 heterocycles. The minimum atomic E-state index is -4.31. The standard InChI is InChI=1S/C29H34N4O6S/c1-21(2)18-30-29(35)23(4)31(19-24-15-13-22(3)14-16-24)28(34)20-32(25-9-8-10-26(17-25)33(36)37)40(38,39)27-11-6-5-7-12-27/h5-17,21,23H,18-20H2,1-4H3,(H,30,35)/t23-/m1/s1. The van der Waals surface area contributed by atoms with Crippen LogP contribution < -0.4 is 9.62 Å². The topological polar surface area (TPSA) is 130 Å². The van der Waals surface area contributed by atoms with Crippen LogP contribution in [0, 0.1) is 23.0 Å². The molecule has 0 aliphatic heterocycles. The molecule has 0 aliphatic rings. The monoisotopic (exact) mass is 566 g/mol. The van der Waals surface area contributed by atoms with E-state index < -0.39 is 33.4 Å². The lowest BCUT2D eigenvalue weighted by Crippen LogP contribution is -2.51. The second-order valence-electron chi connectivity index (χ2n) is 9.92. The molecule has 212 valence electrons. The summed E-state index contributed by atoms with van der Waals surface area (Å²) in [5.41, 5.74) is 1.42. The van der Waals surface area contributed by atoms with E-state index >= 15 is 0 Å². The lowest BCUT2D eigenvalue weighted by Gasteiger charge is -2.32. The zero-order chi connectivity index (χ0) is 29.4. The number of nitrogens with one attached hydrogen (secondary N) is 1. The first-order chi connectivity index (χ1) is 18.9. The van der Waals surface area contributed by atoms with E-state index in [4.69, 9.17) is 0 Å². The second-order valence-corrected chi connectivity index (χ2v) is 11.8. The minimum absolute atomic E-state index is 0.0430. The Morgan fingerprint density at radius 3 is 2.20 bits per heavy atom. The smallest absolute Gasteiger partial charge is 0.271 e. The Kier molecular flexibility index (Phi) is 10.0. The van der Waals surface area contributed by atoms with E-state index in [0.717, 1.165) is 21.5 Å². The van der Waals surface area contributed by atoms with Crippen molar-refractivity contribution in [2.45, 2.75) is 45.2 Å². The van der Waals surface area contributed by atoms with Gasteiger partial charge in [0.05, 0.1) is 15.5 Å². The molecule has 0 fully saturated rings. The van der Waals surface area contributed by atoms with Crippen LogP contribution in [0.3, 0.4) is 0 Å². The van der Waals surface area contributed by atoms with Gasteiger partial charge in [-0.15, -0.1) is 0 Å². The second kappa shape index (κ2) is 13.2. The number of nitro groups is 1. The van der Waals surface area contributed by atoms with Gasteiger partial charge >= 0.3 is 0 Å². The molecule has 0 saturated heterocycles. The molecule has 1 N–H and O–H groups in total. The highest BCUT2D eigenvalue weighted by Crippen LogP contribution is 2.27. The van der Waals surface area contributed by atoms with Crippen LogP contribution in [0.15, 0.2) is 83.8 Å². The zero-order valence-corrected chi connectivity index (χ0v) is 23.8. The van der Waals surface area contributed by atoms with Crippen LogP contribution in [0.5, 0.6) is 0 Å². The number of carbonyl (C=O) groups excluding carboxylic acids is 2. The summed E-state index contributed by atoms with van der Waals surface area (Å²) in [6.45, 7) is 7.22. The fourth-order valence-corrected chi connectivity index (χ4v) is 5.36. The van der Waals surface area contributed by atoms with Crippen molar-refractivity contribution in [2.75, 3.05) is 17.4 Å². The molecular formula is C29H34N4O6S. The number of sulfonamides is 1. The van der Waals surface area contributed by atoms with Gasteiger partial charge < -0.3 is 10.2 Å². The third-order valence-corrected chi connectivity index (χ3v) is 8.05. The summed E-state index contributed by atoms with van der Waals surface area (Å²) < 4.78 is 28.4. The van der Waals surface area contributed by atoms with E-state index in [1.165, 1.54) is 35.2 Å². The Bertz CT molecular complexity index is 1440. The number of hydrogen-bond donors (Lipinski definition) is 1. The summed E-state index contributed by atoms with van der Waals surface area (Å²) in [7, 11) is -4.31. The number of anilines is 1. The quantitative estimate of drug-likeness (QED) is 0.257. The molecule has 3 aromatic carbocycles. The molecule has 40 heavy (non-hydrogen) atoms. The number of nitro benzene ring substituents is 1. The Balaban J connectivity index is 2.04. The maximum Gasteiger partial charge on any atom is 0.271 e. The molecule has 0 unspecified atom stereocenters. The van der Waals surface area contributed by atoms with Crippen molar-refractivity contribution in [3.63, 3.8) is 0 Å². The van der Waals surface area contributed by atoms with Crippen molar-refractivity contribution in [3.8, 4) is 0 Å². The number of carbonyl (C=O) groups is 2. The van der Waals surface area contributed by atoms with Gasteiger partial charge in [0.25, 0.3) is 15.7 Å². The van der Waals surface area contributed by atoms with Crippen LogP contribution in [0.25, 0.3) is 0 Å². The molecule has 0 aromatic heterocycles. The fraction of sp³-hybridized carbons (Fsp3) is 0.310. The predicted molar refractivity (Wildman–Crippen MR) is 153 cm³/mol. The average molecular weight is 567 g/mol. The molecule has 0 aliphatic carbocycles. The van der Waals surface area contributed by atoms with E-state index in [-0.39, 0.29) is 34.6 Å². The van der Waals surface area contributed by atoms with Gasteiger partial charge in [-0.05, 0) is 43.5 Å². The van der Waals surface area contributed by atoms with Gasteiger partial charge in [0.1, 0.15) is 12.6 Å². The van der Waals surface area contributed by atoms with E-state index in [1.54, 1.807) is 25.1 Å². The normalized spacial score (nSPS) is 12.0. The third-order valence-electron chi connectivity index (χ3n) is 6.26. The number of nitrogens with zero attached hydrogens (tertiary/aromatic N) is 3. The number of benzene rings is 3. The highest BCUT2D eigenvalue weighted by molar-refractivity contribution is 7.92. The summed E-state index contributed by atoms with van der Waals surface area (Å²) >= 11 is 0. The van der Waals surface area contributed by atoms with Crippen molar-refractivity contribution in [1.29, 1.82) is 0 Å². The van der Waals surface area contributed by atoms with Crippen LogP contribution in [-0.4, -0.2) is 49.2 Å². The highest BCUT2D eigenvalue weighted by Gasteiger charge is 2.33. The number of hydrogen-bond acceptors (Lipinski definition) is 6. The third kappa shape index (κ3) is 7.66. The number of aryl methyl sites for hydroxylation is 1. The average Bonchev–Trinajstić information content (AvgIpc) is 2.94. The summed E-state index contributed by atoms with van der Waals surface area (Å²) in [5, 5.41) is 14.3. The summed E-state index contributed by atoms with van der Waals surface area (Å²) in [5.74, 6) is -0.821. The maximum atomic E-state index is 13.9. The van der Waals surface area contributed by atoms with E-state index in [1.807, 2.05) is 45.0 Å². The van der Waals surface area contributed by atoms with Crippen molar-refractivity contribution in [3.05, 3.63) is 100 Å². The van der Waals surface area contributed by atoms with Crippen LogP contribution in [0.2, 0.25) is 0 Å². The van der Waals surface area contributed by atoms with Crippen LogP contribution >= 0.6 is 0 Å². The first-order valence-corrected chi connectivity index (χ1v) is 14.3. The summed E-state index contributed by atoms with van der Waals surface area (Å²) in [6, 6.07) is 19.2. The molecule has 2 amide bonds. The molecule has 11 heteroatoms. The molecule has 0 spiro atoms. The van der Waals surface area contributed by atoms with Gasteiger partial charge in [0.15, 0.2) is 0 Å². The Morgan fingerprint density at radius 1 is 0.950 bits per heavy atom. The maximum absolute atomic E-state index is 13.9. The SMILES string of the molecule is Cc1ccc(CN(C(=O)CN(c2cccc([N+](=O)[O-])c2)S(=O)(=O)c2ccccc2)[C@H](C)C(=O)NCC(C)C)cc1. The van der Waals surface area contributed by atoms with Gasteiger partial charge in [-0.25, -0.2) is 8.42 Å². The first-order valence-electron chi connectivity index (χ1n) is 12.8. The Hall–Kier alpha value is -4.25. The highest BCUT2D eigenvalue weighted by atomic mass is 32.2. The van der Waals surface area contributed by atoms with E-state index in [0.29, 0.717) is 6.54 Å². The van der Waals surface area contributed by atoms with Crippen molar-refractivity contribution in [1.82, 2.24) is 10.2 Å². The van der Waals surface area contributed by atoms with Gasteiger partial charge in [-0.3, -0.25) is 24.0 Å². The zero-order valence-electron chi connectivity index (χ0n) is 23.0. The minimum Gasteiger partial charge on any atom is -0.354 e. The number of rotatable bonds is 12. The molecule has 3 aromatic rings. The lowest BCUT2D eigenvalue weighted by atomic mass is 10.1. The Morgan fingerprint density at radius 2 is 1.60 bits per heavy atom. The first kappa shape index (κ1) is 30.3. The molecular weight excluding hydrogens is 532 g/mol. The van der Waals surface area contributed by atoms with Gasteiger partial charge in [0.2, 0.25) is 11.8 Å². The number of amides is 2. The number of non-ortho nitro benzene ring substituents is 1. The van der Waals surface area contributed by atoms with Crippen LogP contribution in [0.1, 0.15) is 31.9 Å². The van der Waals surface area contributed by atoms with E-state index in [2.05, 4.69) is 5.32 Å². The van der Waals surface area contributed by atoms with Crippen molar-refractivity contribution < 1.29 is 22.9 Å². The van der Waals surface area contributed by atoms with Gasteiger partial charge in [-0.1, -0.05) is 67.9 Å². The van der Waals surface area contributed by atoms with Gasteiger partial charge in [0, 0.05) is 25.2 Å². The summed E-state index contributed by atoms with van der Waals surface area (Å²) in [4.78, 5) is 39.0.